The molecule has 0 saturated heterocycles. The highest BCUT2D eigenvalue weighted by Gasteiger charge is 2.41. The van der Waals surface area contributed by atoms with Gasteiger partial charge in [0, 0.05) is 22.2 Å². The molecule has 4 heteroatoms. The number of Topliss-reactive ketones (excluding diaryl/α,β-unsaturated/α-hetero) is 1. The van der Waals surface area contributed by atoms with Crippen LogP contribution in [-0.2, 0) is 9.59 Å². The molecular weight excluding hydrogens is 342 g/mol. The number of rotatable bonds is 3. The number of carbonyl (C=O) groups is 2. The third-order valence-corrected chi connectivity index (χ3v) is 5.87. The van der Waals surface area contributed by atoms with Crippen molar-refractivity contribution in [2.45, 2.75) is 45.1 Å². The molecule has 3 unspecified atom stereocenters. The molecule has 0 heterocycles. The van der Waals surface area contributed by atoms with Crippen molar-refractivity contribution in [3.05, 3.63) is 34.3 Å². The van der Waals surface area contributed by atoms with Gasteiger partial charge in [-0.05, 0) is 44.2 Å². The van der Waals surface area contributed by atoms with E-state index in [4.69, 9.17) is 0 Å². The molecule has 2 bridgehead atoms. The van der Waals surface area contributed by atoms with Gasteiger partial charge in [0.15, 0.2) is 0 Å². The number of fused-ring (bicyclic) bond motifs is 2. The van der Waals surface area contributed by atoms with Crippen molar-refractivity contribution in [3.8, 4) is 0 Å². The quantitative estimate of drug-likeness (QED) is 0.881. The number of carbonyl (C=O) groups excluding carboxylic acids is 2. The molecule has 0 spiro atoms. The van der Waals surface area contributed by atoms with Crippen LogP contribution in [0.4, 0.5) is 0 Å². The summed E-state index contributed by atoms with van der Waals surface area (Å²) in [6, 6.07) is 7.93. The number of nitrogens with one attached hydrogen (secondary N) is 1. The summed E-state index contributed by atoms with van der Waals surface area (Å²) in [6.07, 6.45) is 4.56. The smallest absolute Gasteiger partial charge is 0.223 e. The van der Waals surface area contributed by atoms with Crippen molar-refractivity contribution in [2.24, 2.45) is 17.8 Å². The molecule has 1 aromatic rings. The molecule has 3 nitrogen and oxygen atoms in total. The van der Waals surface area contributed by atoms with Gasteiger partial charge in [-0.3, -0.25) is 9.59 Å². The summed E-state index contributed by atoms with van der Waals surface area (Å²) in [6.45, 7) is 2.01. The van der Waals surface area contributed by atoms with E-state index in [-0.39, 0.29) is 29.7 Å². The maximum absolute atomic E-state index is 12.6. The first-order valence-electron chi connectivity index (χ1n) is 8.14. The van der Waals surface area contributed by atoms with Gasteiger partial charge >= 0.3 is 0 Å². The predicted molar refractivity (Wildman–Crippen MR) is 89.3 cm³/mol. The van der Waals surface area contributed by atoms with E-state index in [1.807, 2.05) is 31.2 Å². The maximum atomic E-state index is 12.6. The van der Waals surface area contributed by atoms with Crippen LogP contribution in [0.5, 0.6) is 0 Å². The van der Waals surface area contributed by atoms with Gasteiger partial charge < -0.3 is 5.32 Å². The molecule has 0 aliphatic heterocycles. The minimum atomic E-state index is -0.0273. The van der Waals surface area contributed by atoms with Crippen LogP contribution < -0.4 is 5.32 Å². The first-order valence-corrected chi connectivity index (χ1v) is 8.94. The van der Waals surface area contributed by atoms with Gasteiger partial charge in [-0.15, -0.1) is 0 Å². The number of halogens is 1. The molecule has 0 radical (unpaired) electrons. The Labute approximate surface area is 140 Å². The minimum Gasteiger partial charge on any atom is -0.349 e. The molecule has 1 N–H and O–H groups in total. The van der Waals surface area contributed by atoms with Crippen LogP contribution >= 0.6 is 15.9 Å². The van der Waals surface area contributed by atoms with Gasteiger partial charge in [-0.2, -0.15) is 0 Å². The first-order chi connectivity index (χ1) is 10.6. The Morgan fingerprint density at radius 1 is 1.23 bits per heavy atom. The summed E-state index contributed by atoms with van der Waals surface area (Å²) in [5, 5.41) is 3.13. The van der Waals surface area contributed by atoms with Gasteiger partial charge in [0.1, 0.15) is 5.78 Å². The minimum absolute atomic E-state index is 0.00191. The van der Waals surface area contributed by atoms with Gasteiger partial charge in [0.25, 0.3) is 0 Å². The molecule has 22 heavy (non-hydrogen) atoms. The Morgan fingerprint density at radius 3 is 2.50 bits per heavy atom. The third-order valence-electron chi connectivity index (χ3n) is 5.15. The monoisotopic (exact) mass is 363 g/mol. The zero-order valence-corrected chi connectivity index (χ0v) is 14.4. The molecular formula is C18H22BrNO2. The Bertz CT molecular complexity index is 570. The van der Waals surface area contributed by atoms with E-state index < -0.39 is 0 Å². The van der Waals surface area contributed by atoms with E-state index in [0.29, 0.717) is 5.78 Å². The summed E-state index contributed by atoms with van der Waals surface area (Å²) < 4.78 is 1.01. The first kappa shape index (κ1) is 15.7. The molecule has 1 amide bonds. The van der Waals surface area contributed by atoms with Gasteiger partial charge in [0.2, 0.25) is 5.91 Å². The second kappa shape index (κ2) is 6.53. The van der Waals surface area contributed by atoms with Crippen LogP contribution in [0.15, 0.2) is 28.7 Å². The fraction of sp³-hybridized carbons (Fsp3) is 0.556. The van der Waals surface area contributed by atoms with E-state index in [9.17, 15) is 9.59 Å². The summed E-state index contributed by atoms with van der Waals surface area (Å²) in [5.41, 5.74) is 1.09. The summed E-state index contributed by atoms with van der Waals surface area (Å²) in [7, 11) is 0. The standard InChI is InChI=1S/C18H22BrNO2/c1-11(15-7-2-3-8-16(15)19)20-18(22)14-9-12-5-4-6-13(10-14)17(12)21/h2-3,7-8,11-14H,4-6,9-10H2,1H3,(H,20,22). The average Bonchev–Trinajstić information content (AvgIpc) is 2.47. The van der Waals surface area contributed by atoms with Gasteiger partial charge in [-0.1, -0.05) is 40.5 Å². The highest BCUT2D eigenvalue weighted by molar-refractivity contribution is 9.10. The molecule has 2 fully saturated rings. The normalized spacial score (nSPS) is 29.0. The lowest BCUT2D eigenvalue weighted by Crippen LogP contribution is -2.43. The van der Waals surface area contributed by atoms with Crippen molar-refractivity contribution < 1.29 is 9.59 Å². The number of benzene rings is 1. The Kier molecular flexibility index (Phi) is 4.67. The lowest BCUT2D eigenvalue weighted by molar-refractivity contribution is -0.137. The highest BCUT2D eigenvalue weighted by Crippen LogP contribution is 2.40. The molecule has 3 rings (SSSR count). The maximum Gasteiger partial charge on any atom is 0.223 e. The predicted octanol–water partition coefficient (Wildman–Crippen LogP) is 4.02. The van der Waals surface area contributed by atoms with Crippen molar-refractivity contribution in [1.29, 1.82) is 0 Å². The van der Waals surface area contributed by atoms with E-state index >= 15 is 0 Å². The Hall–Kier alpha value is -1.16. The van der Waals surface area contributed by atoms with Crippen LogP contribution in [0.1, 0.15) is 50.6 Å². The molecule has 0 aromatic heterocycles. The molecule has 2 aliphatic rings. The summed E-state index contributed by atoms with van der Waals surface area (Å²) in [5.74, 6) is 0.767. The van der Waals surface area contributed by atoms with E-state index in [0.717, 1.165) is 42.1 Å². The average molecular weight is 364 g/mol. The SMILES string of the molecule is CC(NC(=O)C1CC2CCCC(C1)C2=O)c1ccccc1Br. The van der Waals surface area contributed by atoms with Crippen molar-refractivity contribution in [1.82, 2.24) is 5.32 Å². The van der Waals surface area contributed by atoms with Crippen molar-refractivity contribution in [2.75, 3.05) is 0 Å². The van der Waals surface area contributed by atoms with Crippen LogP contribution in [0.3, 0.4) is 0 Å². The zero-order chi connectivity index (χ0) is 15.7. The number of hydrogen-bond donors (Lipinski definition) is 1. The lowest BCUT2D eigenvalue weighted by Gasteiger charge is -2.37. The van der Waals surface area contributed by atoms with Crippen molar-refractivity contribution >= 4 is 27.6 Å². The van der Waals surface area contributed by atoms with Crippen LogP contribution in [0, 0.1) is 17.8 Å². The fourth-order valence-electron chi connectivity index (χ4n) is 3.93. The molecule has 118 valence electrons. The second-order valence-corrected chi connectivity index (χ2v) is 7.50. The van der Waals surface area contributed by atoms with Crippen LogP contribution in [-0.4, -0.2) is 11.7 Å². The fourth-order valence-corrected chi connectivity index (χ4v) is 4.56. The van der Waals surface area contributed by atoms with E-state index in [2.05, 4.69) is 21.2 Å². The zero-order valence-electron chi connectivity index (χ0n) is 12.8. The highest BCUT2D eigenvalue weighted by atomic mass is 79.9. The van der Waals surface area contributed by atoms with Gasteiger partial charge in [0.05, 0.1) is 6.04 Å². The van der Waals surface area contributed by atoms with Gasteiger partial charge in [-0.25, -0.2) is 0 Å². The van der Waals surface area contributed by atoms with Crippen LogP contribution in [0.25, 0.3) is 0 Å². The molecule has 3 atom stereocenters. The van der Waals surface area contributed by atoms with E-state index in [1.165, 1.54) is 0 Å². The van der Waals surface area contributed by atoms with Crippen LogP contribution in [0.2, 0.25) is 0 Å². The number of amides is 1. The molecule has 2 aliphatic carbocycles. The Morgan fingerprint density at radius 2 is 1.86 bits per heavy atom. The summed E-state index contributed by atoms with van der Waals surface area (Å²) >= 11 is 3.53. The number of ketones is 1. The molecule has 1 aromatic carbocycles. The van der Waals surface area contributed by atoms with Crippen molar-refractivity contribution in [3.63, 3.8) is 0 Å². The van der Waals surface area contributed by atoms with E-state index in [1.54, 1.807) is 0 Å². The third kappa shape index (κ3) is 3.12. The molecule has 2 saturated carbocycles. The Balaban J connectivity index is 1.65. The topological polar surface area (TPSA) is 46.2 Å². The summed E-state index contributed by atoms with van der Waals surface area (Å²) in [4.78, 5) is 24.7. The lowest BCUT2D eigenvalue weighted by atomic mass is 9.67. The largest absolute Gasteiger partial charge is 0.349 e. The second-order valence-electron chi connectivity index (χ2n) is 6.65. The number of hydrogen-bond acceptors (Lipinski definition) is 2.